The third-order valence-corrected chi connectivity index (χ3v) is 7.63. The van der Waals surface area contributed by atoms with E-state index in [-0.39, 0.29) is 24.0 Å². The minimum absolute atomic E-state index is 0. The highest BCUT2D eigenvalue weighted by molar-refractivity contribution is 14.0. The summed E-state index contributed by atoms with van der Waals surface area (Å²) in [4.78, 5) is 7.31. The normalized spacial score (nSPS) is 12.4. The van der Waals surface area contributed by atoms with E-state index >= 15 is 0 Å². The maximum Gasteiger partial charge on any atom is 0.252 e. The zero-order chi connectivity index (χ0) is 21.1. The van der Waals surface area contributed by atoms with Gasteiger partial charge >= 0.3 is 0 Å². The summed E-state index contributed by atoms with van der Waals surface area (Å²) in [7, 11) is 5.32. The fourth-order valence-corrected chi connectivity index (χ4v) is 5.28. The molecule has 0 aliphatic rings. The van der Waals surface area contributed by atoms with Gasteiger partial charge in [-0.15, -0.1) is 35.3 Å². The highest BCUT2D eigenvalue weighted by atomic mass is 127. The van der Waals surface area contributed by atoms with Gasteiger partial charge in [-0.05, 0) is 18.1 Å². The maximum absolute atomic E-state index is 12.2. The second-order valence-electron chi connectivity index (χ2n) is 7.13. The number of nitrogens with zero attached hydrogens (tertiary/aromatic N) is 5. The van der Waals surface area contributed by atoms with E-state index in [1.807, 2.05) is 35.9 Å². The lowest BCUT2D eigenvalue weighted by Crippen LogP contribution is -2.38. The number of aryl methyl sites for hydroxylation is 1. The molecule has 0 radical (unpaired) electrons. The smallest absolute Gasteiger partial charge is 0.252 e. The molecule has 0 saturated heterocycles. The largest absolute Gasteiger partial charge is 0.351 e. The molecule has 0 saturated carbocycles. The number of aromatic nitrogens is 2. The van der Waals surface area contributed by atoms with Crippen LogP contribution in [-0.2, 0) is 30.2 Å². The van der Waals surface area contributed by atoms with E-state index in [9.17, 15) is 8.42 Å². The Balaban J connectivity index is 0.00000420. The van der Waals surface area contributed by atoms with Crippen LogP contribution in [0.3, 0.4) is 0 Å². The van der Waals surface area contributed by atoms with Crippen LogP contribution < -0.4 is 5.32 Å². The van der Waals surface area contributed by atoms with Gasteiger partial charge < -0.3 is 10.2 Å². The second kappa shape index (κ2) is 10.7. The number of thiophene rings is 1. The Morgan fingerprint density at radius 3 is 2.52 bits per heavy atom. The number of hydrogen-bond acceptors (Lipinski definition) is 5. The number of sulfonamides is 1. The molecule has 2 aromatic heterocycles. The first kappa shape index (κ1) is 25.9. The van der Waals surface area contributed by atoms with Crippen molar-refractivity contribution in [2.45, 2.75) is 37.1 Å². The van der Waals surface area contributed by atoms with Gasteiger partial charge in [-0.1, -0.05) is 13.8 Å². The summed E-state index contributed by atoms with van der Waals surface area (Å²) in [6.45, 7) is 5.46. The molecule has 0 aromatic carbocycles. The SMILES string of the molecule is CN=C(NCc1ccc(S(=O)(=O)N(C)C)s1)N(C)Cc1cn(C)nc1C(C)C.I. The van der Waals surface area contributed by atoms with Crippen LogP contribution in [-0.4, -0.2) is 61.6 Å². The van der Waals surface area contributed by atoms with Gasteiger partial charge in [0.15, 0.2) is 5.96 Å². The Labute approximate surface area is 195 Å². The van der Waals surface area contributed by atoms with Gasteiger partial charge in [0.2, 0.25) is 0 Å². The van der Waals surface area contributed by atoms with Crippen LogP contribution in [0.25, 0.3) is 0 Å². The Kier molecular flexibility index (Phi) is 9.57. The van der Waals surface area contributed by atoms with Crippen LogP contribution in [0.2, 0.25) is 0 Å². The molecule has 164 valence electrons. The minimum Gasteiger partial charge on any atom is -0.351 e. The third kappa shape index (κ3) is 6.40. The summed E-state index contributed by atoms with van der Waals surface area (Å²) in [6, 6.07) is 3.48. The predicted octanol–water partition coefficient (Wildman–Crippen LogP) is 2.68. The molecule has 2 heterocycles. The van der Waals surface area contributed by atoms with E-state index in [0.717, 1.165) is 16.5 Å². The van der Waals surface area contributed by atoms with Crippen molar-refractivity contribution < 1.29 is 8.42 Å². The van der Waals surface area contributed by atoms with Crippen molar-refractivity contribution in [2.24, 2.45) is 12.0 Å². The van der Waals surface area contributed by atoms with E-state index in [2.05, 4.69) is 29.3 Å². The van der Waals surface area contributed by atoms with Crippen molar-refractivity contribution >= 4 is 51.3 Å². The Bertz CT molecular complexity index is 934. The van der Waals surface area contributed by atoms with Crippen molar-refractivity contribution in [1.82, 2.24) is 24.3 Å². The van der Waals surface area contributed by atoms with Crippen LogP contribution in [0, 0.1) is 0 Å². The first-order chi connectivity index (χ1) is 13.1. The number of rotatable bonds is 7. The molecule has 1 N–H and O–H groups in total. The summed E-state index contributed by atoms with van der Waals surface area (Å²) in [5.41, 5.74) is 2.25. The number of nitrogens with one attached hydrogen (secondary N) is 1. The first-order valence-corrected chi connectivity index (χ1v) is 11.3. The molecule has 8 nitrogen and oxygen atoms in total. The van der Waals surface area contributed by atoms with Gasteiger partial charge in [0.25, 0.3) is 10.0 Å². The standard InChI is InChI=1S/C18H30N6O2S2.HI/c1-13(2)17-14(12-24(7)21-17)11-23(6)18(19-3)20-10-15-8-9-16(27-15)28(25,26)22(4)5;/h8-9,12-13H,10-11H2,1-7H3,(H,19,20);1H. The zero-order valence-corrected chi connectivity index (χ0v) is 22.0. The molecule has 0 spiro atoms. The number of guanidine groups is 1. The predicted molar refractivity (Wildman–Crippen MR) is 130 cm³/mol. The maximum atomic E-state index is 12.2. The summed E-state index contributed by atoms with van der Waals surface area (Å²) in [5, 5.41) is 7.86. The number of halogens is 1. The van der Waals surface area contributed by atoms with Gasteiger partial charge in [0.05, 0.1) is 12.2 Å². The summed E-state index contributed by atoms with van der Waals surface area (Å²) in [6.07, 6.45) is 2.04. The van der Waals surface area contributed by atoms with Crippen molar-refractivity contribution in [2.75, 3.05) is 28.2 Å². The average molecular weight is 555 g/mol. The summed E-state index contributed by atoms with van der Waals surface area (Å²) in [5.74, 6) is 1.09. The van der Waals surface area contributed by atoms with Crippen molar-refractivity contribution in [3.05, 3.63) is 34.5 Å². The highest BCUT2D eigenvalue weighted by Crippen LogP contribution is 2.24. The lowest BCUT2D eigenvalue weighted by atomic mass is 10.1. The second-order valence-corrected chi connectivity index (χ2v) is 10.7. The van der Waals surface area contributed by atoms with E-state index in [1.165, 1.54) is 35.3 Å². The lowest BCUT2D eigenvalue weighted by Gasteiger charge is -2.22. The van der Waals surface area contributed by atoms with E-state index in [4.69, 9.17) is 0 Å². The molecule has 29 heavy (non-hydrogen) atoms. The van der Waals surface area contributed by atoms with Crippen molar-refractivity contribution in [1.29, 1.82) is 0 Å². The first-order valence-electron chi connectivity index (χ1n) is 9.01. The molecule has 0 bridgehead atoms. The molecule has 0 aliphatic heterocycles. The van der Waals surface area contributed by atoms with Crippen LogP contribution in [0.5, 0.6) is 0 Å². The monoisotopic (exact) mass is 554 g/mol. The van der Waals surface area contributed by atoms with E-state index in [1.54, 1.807) is 13.1 Å². The molecule has 2 rings (SSSR count). The van der Waals surface area contributed by atoms with Gasteiger partial charge in [0, 0.05) is 58.4 Å². The quantitative estimate of drug-likeness (QED) is 0.324. The number of hydrogen-bond donors (Lipinski definition) is 1. The molecular formula is C18H31IN6O2S2. The van der Waals surface area contributed by atoms with Crippen molar-refractivity contribution in [3.8, 4) is 0 Å². The van der Waals surface area contributed by atoms with E-state index in [0.29, 0.717) is 23.2 Å². The van der Waals surface area contributed by atoms with Gasteiger partial charge in [-0.25, -0.2) is 12.7 Å². The summed E-state index contributed by atoms with van der Waals surface area (Å²) >= 11 is 1.27. The minimum atomic E-state index is -3.39. The molecule has 2 aromatic rings. The molecule has 0 amide bonds. The Morgan fingerprint density at radius 2 is 1.97 bits per heavy atom. The number of aliphatic imine (C=N–C) groups is 1. The molecule has 0 atom stereocenters. The lowest BCUT2D eigenvalue weighted by molar-refractivity contribution is 0.473. The average Bonchev–Trinajstić information content (AvgIpc) is 3.22. The van der Waals surface area contributed by atoms with Gasteiger partial charge in [-0.2, -0.15) is 5.10 Å². The molecule has 0 unspecified atom stereocenters. The third-order valence-electron chi connectivity index (χ3n) is 4.26. The fourth-order valence-electron chi connectivity index (χ4n) is 2.82. The molecule has 0 aliphatic carbocycles. The van der Waals surface area contributed by atoms with E-state index < -0.39 is 10.0 Å². The van der Waals surface area contributed by atoms with Gasteiger partial charge in [-0.3, -0.25) is 9.67 Å². The van der Waals surface area contributed by atoms with Crippen LogP contribution in [0.15, 0.2) is 27.5 Å². The van der Waals surface area contributed by atoms with Crippen LogP contribution >= 0.6 is 35.3 Å². The van der Waals surface area contributed by atoms with Gasteiger partial charge in [0.1, 0.15) is 4.21 Å². The Morgan fingerprint density at radius 1 is 1.31 bits per heavy atom. The molecule has 11 heteroatoms. The zero-order valence-electron chi connectivity index (χ0n) is 18.0. The highest BCUT2D eigenvalue weighted by Gasteiger charge is 2.20. The van der Waals surface area contributed by atoms with Crippen LogP contribution in [0.1, 0.15) is 35.9 Å². The summed E-state index contributed by atoms with van der Waals surface area (Å²) < 4.78 is 27.8. The van der Waals surface area contributed by atoms with Crippen LogP contribution in [0.4, 0.5) is 0 Å². The fraction of sp³-hybridized carbons (Fsp3) is 0.556. The molecular weight excluding hydrogens is 523 g/mol. The topological polar surface area (TPSA) is 82.8 Å². The van der Waals surface area contributed by atoms with Crippen molar-refractivity contribution in [3.63, 3.8) is 0 Å². The Hall–Kier alpha value is -1.18. The molecule has 0 fully saturated rings.